The molecule has 0 aliphatic carbocycles. The van der Waals surface area contributed by atoms with Crippen LogP contribution in [0.15, 0.2) is 48.5 Å². The Hall–Kier alpha value is -3.23. The number of hydrogen-bond donors (Lipinski definition) is 1. The molecule has 0 fully saturated rings. The highest BCUT2D eigenvalue weighted by molar-refractivity contribution is 5.96. The smallest absolute Gasteiger partial charge is 0.387 e. The maximum absolute atomic E-state index is 12.8. The first-order valence-electron chi connectivity index (χ1n) is 7.77. The van der Waals surface area contributed by atoms with Gasteiger partial charge in [-0.3, -0.25) is 4.79 Å². The van der Waals surface area contributed by atoms with E-state index in [2.05, 4.69) is 10.1 Å². The van der Waals surface area contributed by atoms with Gasteiger partial charge < -0.3 is 19.5 Å². The van der Waals surface area contributed by atoms with Crippen LogP contribution >= 0.6 is 0 Å². The zero-order valence-electron chi connectivity index (χ0n) is 14.2. The Balaban J connectivity index is 1.86. The third-order valence-electron chi connectivity index (χ3n) is 3.21. The fourth-order valence-corrected chi connectivity index (χ4v) is 1.96. The maximum Gasteiger partial charge on any atom is 0.387 e. The quantitative estimate of drug-likeness (QED) is 0.708. The number of nitrogens with one attached hydrogen (secondary N) is 1. The molecule has 9 heteroatoms. The first-order chi connectivity index (χ1) is 12.8. The number of para-hydroxylation sites is 2. The molecule has 0 saturated carbocycles. The van der Waals surface area contributed by atoms with Crippen molar-refractivity contribution < 1.29 is 37.0 Å². The average Bonchev–Trinajstić information content (AvgIpc) is 2.62. The summed E-state index contributed by atoms with van der Waals surface area (Å²) in [6, 6.07) is 10.6. The molecule has 0 bridgehead atoms. The van der Waals surface area contributed by atoms with Gasteiger partial charge in [0.25, 0.3) is 5.91 Å². The number of esters is 1. The molecule has 0 saturated heterocycles. The predicted molar refractivity (Wildman–Crippen MR) is 89.2 cm³/mol. The number of alkyl halides is 2. The van der Waals surface area contributed by atoms with Crippen LogP contribution in [0.25, 0.3) is 0 Å². The summed E-state index contributed by atoms with van der Waals surface area (Å²) < 4.78 is 51.9. The van der Waals surface area contributed by atoms with E-state index in [1.807, 2.05) is 0 Å². The van der Waals surface area contributed by atoms with Gasteiger partial charge in [0, 0.05) is 0 Å². The minimum atomic E-state index is -3.05. The van der Waals surface area contributed by atoms with E-state index in [1.165, 1.54) is 43.3 Å². The highest BCUT2D eigenvalue weighted by Gasteiger charge is 2.20. The summed E-state index contributed by atoms with van der Waals surface area (Å²) in [6.07, 6.45) is -1.21. The first kappa shape index (κ1) is 20.1. The van der Waals surface area contributed by atoms with E-state index in [-0.39, 0.29) is 17.2 Å². The summed E-state index contributed by atoms with van der Waals surface area (Å²) in [5.41, 5.74) is 0.00765. The Bertz CT molecular complexity index is 783. The Morgan fingerprint density at radius 3 is 2.41 bits per heavy atom. The van der Waals surface area contributed by atoms with E-state index in [4.69, 9.17) is 9.47 Å². The second-order valence-electron chi connectivity index (χ2n) is 5.24. The van der Waals surface area contributed by atoms with E-state index in [9.17, 15) is 22.8 Å². The average molecular weight is 383 g/mol. The van der Waals surface area contributed by atoms with Gasteiger partial charge in [-0.25, -0.2) is 9.18 Å². The second kappa shape index (κ2) is 9.46. The molecule has 27 heavy (non-hydrogen) atoms. The number of rotatable bonds is 8. The summed E-state index contributed by atoms with van der Waals surface area (Å²) in [4.78, 5) is 23.8. The SMILES string of the molecule is C[C@@H](OC(=O)COc1ccc(F)cc1)C(=O)Nc1ccccc1OC(F)F. The van der Waals surface area contributed by atoms with Crippen LogP contribution in [-0.2, 0) is 14.3 Å². The largest absolute Gasteiger partial charge is 0.482 e. The zero-order chi connectivity index (χ0) is 19.8. The molecule has 0 heterocycles. The van der Waals surface area contributed by atoms with Crippen molar-refractivity contribution in [2.75, 3.05) is 11.9 Å². The molecule has 6 nitrogen and oxygen atoms in total. The maximum atomic E-state index is 12.8. The summed E-state index contributed by atoms with van der Waals surface area (Å²) >= 11 is 0. The molecule has 0 aliphatic rings. The minimum Gasteiger partial charge on any atom is -0.482 e. The summed E-state index contributed by atoms with van der Waals surface area (Å²) in [6.45, 7) is -2.24. The van der Waals surface area contributed by atoms with Crippen molar-refractivity contribution in [3.63, 3.8) is 0 Å². The summed E-state index contributed by atoms with van der Waals surface area (Å²) in [7, 11) is 0. The van der Waals surface area contributed by atoms with Crippen LogP contribution in [0.1, 0.15) is 6.92 Å². The third kappa shape index (κ3) is 6.53. The fourth-order valence-electron chi connectivity index (χ4n) is 1.96. The van der Waals surface area contributed by atoms with Gasteiger partial charge in [0.15, 0.2) is 12.7 Å². The monoisotopic (exact) mass is 383 g/mol. The van der Waals surface area contributed by atoms with Gasteiger partial charge in [0.05, 0.1) is 5.69 Å². The summed E-state index contributed by atoms with van der Waals surface area (Å²) in [5, 5.41) is 2.34. The fraction of sp³-hybridized carbons (Fsp3) is 0.222. The lowest BCUT2D eigenvalue weighted by Crippen LogP contribution is -2.31. The number of amides is 1. The number of halogens is 3. The lowest BCUT2D eigenvalue weighted by Gasteiger charge is -2.16. The lowest BCUT2D eigenvalue weighted by molar-refractivity contribution is -0.155. The van der Waals surface area contributed by atoms with Crippen LogP contribution in [-0.4, -0.2) is 31.2 Å². The molecule has 0 spiro atoms. The van der Waals surface area contributed by atoms with Crippen LogP contribution in [0, 0.1) is 5.82 Å². The summed E-state index contributed by atoms with van der Waals surface area (Å²) in [5.74, 6) is -2.00. The molecule has 1 N–H and O–H groups in total. The van der Waals surface area contributed by atoms with Crippen LogP contribution in [0.5, 0.6) is 11.5 Å². The molecule has 0 radical (unpaired) electrons. The highest BCUT2D eigenvalue weighted by Crippen LogP contribution is 2.25. The van der Waals surface area contributed by atoms with Gasteiger partial charge in [-0.05, 0) is 43.3 Å². The second-order valence-corrected chi connectivity index (χ2v) is 5.24. The van der Waals surface area contributed by atoms with Crippen molar-refractivity contribution in [2.24, 2.45) is 0 Å². The number of hydrogen-bond acceptors (Lipinski definition) is 5. The van der Waals surface area contributed by atoms with Crippen molar-refractivity contribution in [3.8, 4) is 11.5 Å². The van der Waals surface area contributed by atoms with E-state index in [0.29, 0.717) is 0 Å². The van der Waals surface area contributed by atoms with Crippen molar-refractivity contribution in [3.05, 3.63) is 54.3 Å². The number of anilines is 1. The minimum absolute atomic E-state index is 0.00765. The Morgan fingerprint density at radius 2 is 1.74 bits per heavy atom. The molecule has 1 amide bonds. The molecule has 0 unspecified atom stereocenters. The van der Waals surface area contributed by atoms with Crippen molar-refractivity contribution in [1.82, 2.24) is 0 Å². The first-order valence-corrected chi connectivity index (χ1v) is 7.77. The van der Waals surface area contributed by atoms with Gasteiger partial charge in [-0.1, -0.05) is 12.1 Å². The van der Waals surface area contributed by atoms with Gasteiger partial charge in [-0.15, -0.1) is 0 Å². The molecule has 2 aromatic rings. The standard InChI is InChI=1S/C18H16F3NO5/c1-11(26-16(23)10-25-13-8-6-12(19)7-9-13)17(24)22-14-4-2-3-5-15(14)27-18(20)21/h2-9,11,18H,10H2,1H3,(H,22,24)/t11-/m1/s1. The molecule has 144 valence electrons. The van der Waals surface area contributed by atoms with Crippen molar-refractivity contribution in [1.29, 1.82) is 0 Å². The number of carbonyl (C=O) groups is 2. The Kier molecular flexibility index (Phi) is 7.04. The predicted octanol–water partition coefficient (Wildman–Crippen LogP) is 3.38. The molecule has 2 rings (SSSR count). The van der Waals surface area contributed by atoms with E-state index < -0.39 is 37.0 Å². The third-order valence-corrected chi connectivity index (χ3v) is 3.21. The molecular weight excluding hydrogens is 367 g/mol. The lowest BCUT2D eigenvalue weighted by atomic mass is 10.2. The highest BCUT2D eigenvalue weighted by atomic mass is 19.3. The zero-order valence-corrected chi connectivity index (χ0v) is 14.2. The van der Waals surface area contributed by atoms with Crippen LogP contribution in [0.2, 0.25) is 0 Å². The number of benzene rings is 2. The molecule has 0 aliphatic heterocycles. The number of ether oxygens (including phenoxy) is 3. The normalized spacial score (nSPS) is 11.6. The molecule has 0 aromatic heterocycles. The van der Waals surface area contributed by atoms with Gasteiger partial charge in [0.2, 0.25) is 0 Å². The van der Waals surface area contributed by atoms with E-state index >= 15 is 0 Å². The van der Waals surface area contributed by atoms with E-state index in [0.717, 1.165) is 12.1 Å². The van der Waals surface area contributed by atoms with E-state index in [1.54, 1.807) is 0 Å². The van der Waals surface area contributed by atoms with Crippen LogP contribution in [0.4, 0.5) is 18.9 Å². The van der Waals surface area contributed by atoms with Crippen LogP contribution in [0.3, 0.4) is 0 Å². The number of carbonyl (C=O) groups excluding carboxylic acids is 2. The van der Waals surface area contributed by atoms with Gasteiger partial charge >= 0.3 is 12.6 Å². The Labute approximate surface area is 152 Å². The molecule has 1 atom stereocenters. The van der Waals surface area contributed by atoms with Crippen LogP contribution < -0.4 is 14.8 Å². The van der Waals surface area contributed by atoms with Crippen molar-refractivity contribution in [2.45, 2.75) is 19.6 Å². The topological polar surface area (TPSA) is 73.9 Å². The van der Waals surface area contributed by atoms with Crippen molar-refractivity contribution >= 4 is 17.6 Å². The van der Waals surface area contributed by atoms with Gasteiger partial charge in [0.1, 0.15) is 17.3 Å². The Morgan fingerprint density at radius 1 is 1.07 bits per heavy atom. The van der Waals surface area contributed by atoms with Gasteiger partial charge in [-0.2, -0.15) is 8.78 Å². The molecular formula is C18H16F3NO5. The molecule has 2 aromatic carbocycles.